The monoisotopic (exact) mass is 366 g/mol. The first kappa shape index (κ1) is 16.8. The van der Waals surface area contributed by atoms with Crippen molar-refractivity contribution < 1.29 is 68.9 Å². The van der Waals surface area contributed by atoms with Gasteiger partial charge in [0, 0.05) is 49.7 Å². The number of nitrogens with one attached hydrogen (secondary N) is 2. The number of hydrogen-bond acceptors (Lipinski definition) is 4. The van der Waals surface area contributed by atoms with Gasteiger partial charge in [-0.15, -0.1) is 0 Å². The van der Waals surface area contributed by atoms with E-state index in [1.165, 1.54) is 11.3 Å². The van der Waals surface area contributed by atoms with Gasteiger partial charge >= 0.3 is 68.9 Å². The van der Waals surface area contributed by atoms with E-state index in [0.717, 1.165) is 38.4 Å². The summed E-state index contributed by atoms with van der Waals surface area (Å²) in [7, 11) is 0. The van der Waals surface area contributed by atoms with Gasteiger partial charge in [-0.05, 0) is 19.4 Å². The van der Waals surface area contributed by atoms with Gasteiger partial charge in [-0.3, -0.25) is 0 Å². The molecule has 1 aromatic heterocycles. The van der Waals surface area contributed by atoms with E-state index >= 15 is 0 Å². The first-order valence-corrected chi connectivity index (χ1v) is 6.04. The normalized spacial score (nSPS) is 21.4. The molecule has 2 aliphatic heterocycles. The molecule has 0 aromatic carbocycles. The Kier molecular flexibility index (Phi) is 7.02. The fourth-order valence-electron chi connectivity index (χ4n) is 2.63. The minimum atomic E-state index is 0. The smallest absolute Gasteiger partial charge is 0.369 e. The molecule has 3 rings (SSSR count). The largest absolute Gasteiger partial charge is 1.00 e. The minimum absolute atomic E-state index is 0. The Morgan fingerprint density at radius 1 is 1.39 bits per heavy atom. The van der Waals surface area contributed by atoms with Crippen LogP contribution in [0.1, 0.15) is 12.5 Å². The summed E-state index contributed by atoms with van der Waals surface area (Å²) in [6.45, 7) is 6.54. The number of hydrogen-bond donors (Lipinski definition) is 2. The number of anilines is 2. The second kappa shape index (κ2) is 7.52. The van der Waals surface area contributed by atoms with E-state index in [9.17, 15) is 0 Å². The summed E-state index contributed by atoms with van der Waals surface area (Å²) in [5.74, 6) is 1.09. The molecule has 3 heterocycles. The van der Waals surface area contributed by atoms with E-state index in [-0.39, 0.29) is 76.3 Å². The third-order valence-corrected chi connectivity index (χ3v) is 3.41. The number of nitrogens with zero attached hydrogens (tertiary/aromatic N) is 2. The number of fused-ring (bicyclic) bond motifs is 1. The van der Waals surface area contributed by atoms with Crippen LogP contribution in [-0.2, 0) is 6.42 Å². The van der Waals surface area contributed by atoms with Gasteiger partial charge in [-0.1, -0.05) is 0 Å². The van der Waals surface area contributed by atoms with Gasteiger partial charge in [-0.25, -0.2) is 4.98 Å². The predicted octanol–water partition coefficient (Wildman–Crippen LogP) is -1.70. The first-order valence-electron chi connectivity index (χ1n) is 6.04. The molecule has 0 radical (unpaired) electrons. The van der Waals surface area contributed by atoms with Crippen molar-refractivity contribution in [2.24, 2.45) is 0 Å². The zero-order valence-electron chi connectivity index (χ0n) is 11.7. The third kappa shape index (κ3) is 3.45. The van der Waals surface area contributed by atoms with Gasteiger partial charge in [0.1, 0.15) is 5.82 Å². The van der Waals surface area contributed by atoms with Crippen molar-refractivity contribution in [3.8, 4) is 0 Å². The van der Waals surface area contributed by atoms with Gasteiger partial charge in [0.05, 0.1) is 0 Å². The van der Waals surface area contributed by atoms with Crippen LogP contribution in [0, 0.1) is 7.43 Å². The van der Waals surface area contributed by atoms with Crippen LogP contribution in [0.2, 0.25) is 0 Å². The Balaban J connectivity index is 0.000000810. The van der Waals surface area contributed by atoms with E-state index in [0.29, 0.717) is 6.04 Å². The van der Waals surface area contributed by atoms with Crippen LogP contribution in [0.4, 0.5) is 11.5 Å². The molecule has 0 spiro atoms. The molecule has 1 aromatic rings. The molecule has 1 saturated heterocycles. The maximum absolute atomic E-state index is 4.38. The molecule has 4 nitrogen and oxygen atoms in total. The van der Waals surface area contributed by atoms with E-state index < -0.39 is 0 Å². The molecule has 18 heavy (non-hydrogen) atoms. The molecule has 0 unspecified atom stereocenters. The summed E-state index contributed by atoms with van der Waals surface area (Å²) in [6.07, 6.45) is 3.02. The van der Waals surface area contributed by atoms with Crippen molar-refractivity contribution in [3.05, 3.63) is 25.3 Å². The average Bonchev–Trinajstić information content (AvgIpc) is 2.76. The summed E-state index contributed by atoms with van der Waals surface area (Å²) in [5.41, 5.74) is 2.78. The molecule has 1 atom stereocenters. The van der Waals surface area contributed by atoms with Crippen molar-refractivity contribution in [3.63, 3.8) is 0 Å². The quantitative estimate of drug-likeness (QED) is 0.582. The van der Waals surface area contributed by atoms with Gasteiger partial charge in [0.2, 0.25) is 0 Å². The van der Waals surface area contributed by atoms with Crippen molar-refractivity contribution in [2.75, 3.05) is 36.4 Å². The third-order valence-electron chi connectivity index (χ3n) is 3.41. The van der Waals surface area contributed by atoms with Crippen LogP contribution in [0.3, 0.4) is 0 Å². The second-order valence-corrected chi connectivity index (χ2v) is 4.64. The standard InChI is InChI=1S/C12H18N4.CH3.Cs/c1-9-8-16(7-6-13-9)11-3-5-15-12-10(11)2-4-14-12;;/h3,5,9,13H,2,4,6-8H2,1H3,(H,14,15);1H3;/q;-1;+1/t9-;;/m0../s1. The maximum atomic E-state index is 4.38. The summed E-state index contributed by atoms with van der Waals surface area (Å²) in [4.78, 5) is 6.86. The molecule has 0 saturated carbocycles. The summed E-state index contributed by atoms with van der Waals surface area (Å²) in [5, 5.41) is 6.81. The summed E-state index contributed by atoms with van der Waals surface area (Å²) in [6, 6.07) is 2.73. The summed E-state index contributed by atoms with van der Waals surface area (Å²) < 4.78 is 0. The fourth-order valence-corrected chi connectivity index (χ4v) is 2.63. The molecule has 0 amide bonds. The first-order chi connectivity index (χ1) is 7.84. The van der Waals surface area contributed by atoms with Gasteiger partial charge in [0.25, 0.3) is 0 Å². The minimum Gasteiger partial charge on any atom is -0.369 e. The van der Waals surface area contributed by atoms with Crippen molar-refractivity contribution in [2.45, 2.75) is 19.4 Å². The van der Waals surface area contributed by atoms with Crippen molar-refractivity contribution in [1.29, 1.82) is 0 Å². The van der Waals surface area contributed by atoms with Crippen LogP contribution in [0.5, 0.6) is 0 Å². The van der Waals surface area contributed by atoms with E-state index in [1.807, 2.05) is 6.20 Å². The van der Waals surface area contributed by atoms with E-state index in [2.05, 4.69) is 33.5 Å². The molecule has 1 fully saturated rings. The van der Waals surface area contributed by atoms with Crippen LogP contribution >= 0.6 is 0 Å². The Morgan fingerprint density at radius 3 is 3.00 bits per heavy atom. The predicted molar refractivity (Wildman–Crippen MR) is 72.5 cm³/mol. The van der Waals surface area contributed by atoms with Crippen LogP contribution in [0.15, 0.2) is 12.3 Å². The van der Waals surface area contributed by atoms with Crippen LogP contribution in [0.25, 0.3) is 0 Å². The molecule has 5 heteroatoms. The molecule has 2 N–H and O–H groups in total. The van der Waals surface area contributed by atoms with Crippen molar-refractivity contribution >= 4 is 11.5 Å². The molecular formula is C13H21CsN4. The molecule has 94 valence electrons. The maximum Gasteiger partial charge on any atom is 1.00 e. The van der Waals surface area contributed by atoms with E-state index in [1.54, 1.807) is 0 Å². The second-order valence-electron chi connectivity index (χ2n) is 4.64. The number of aromatic nitrogens is 1. The zero-order valence-corrected chi connectivity index (χ0v) is 17.9. The topological polar surface area (TPSA) is 40.2 Å². The van der Waals surface area contributed by atoms with Crippen molar-refractivity contribution in [1.82, 2.24) is 10.3 Å². The zero-order chi connectivity index (χ0) is 11.0. The Hall–Kier alpha value is 0.762. The van der Waals surface area contributed by atoms with Gasteiger partial charge in [-0.2, -0.15) is 0 Å². The fraction of sp³-hybridized carbons (Fsp3) is 0.538. The van der Waals surface area contributed by atoms with Crippen LogP contribution in [-0.4, -0.2) is 37.2 Å². The van der Waals surface area contributed by atoms with Gasteiger partial charge < -0.3 is 23.0 Å². The van der Waals surface area contributed by atoms with Crippen LogP contribution < -0.4 is 84.4 Å². The molecule has 0 bridgehead atoms. The Bertz CT molecular complexity index is 397. The Labute approximate surface area is 169 Å². The SMILES string of the molecule is C[C@H]1CN(c2ccnc3c2CCN3)CCN1.[CH3-].[Cs+]. The Morgan fingerprint density at radius 2 is 2.22 bits per heavy atom. The van der Waals surface area contributed by atoms with Gasteiger partial charge in [0.15, 0.2) is 0 Å². The number of piperazine rings is 1. The average molecular weight is 366 g/mol. The molecule has 0 aliphatic carbocycles. The number of rotatable bonds is 1. The molecule has 2 aliphatic rings. The number of pyridine rings is 1. The summed E-state index contributed by atoms with van der Waals surface area (Å²) >= 11 is 0. The molecular weight excluding hydrogens is 345 g/mol. The van der Waals surface area contributed by atoms with E-state index in [4.69, 9.17) is 0 Å².